The molecular weight excluding hydrogens is 402 g/mol. The highest BCUT2D eigenvalue weighted by Crippen LogP contribution is 2.25. The van der Waals surface area contributed by atoms with Gasteiger partial charge in [0, 0.05) is 0 Å². The van der Waals surface area contributed by atoms with E-state index in [-0.39, 0.29) is 29.3 Å². The van der Waals surface area contributed by atoms with Crippen molar-refractivity contribution in [2.45, 2.75) is 30.2 Å². The summed E-state index contributed by atoms with van der Waals surface area (Å²) in [7, 11) is -2.28. The fraction of sp³-hybridized carbons (Fsp3) is 0.316. The number of sulfonamides is 1. The van der Waals surface area contributed by atoms with Crippen LogP contribution in [0.1, 0.15) is 19.3 Å². The topological polar surface area (TPSA) is 96.5 Å². The van der Waals surface area contributed by atoms with Crippen molar-refractivity contribution in [3.63, 3.8) is 0 Å². The number of halogens is 1. The van der Waals surface area contributed by atoms with E-state index in [4.69, 9.17) is 4.74 Å². The summed E-state index contributed by atoms with van der Waals surface area (Å²) in [4.78, 5) is 12.6. The Morgan fingerprint density at radius 3 is 2.36 bits per heavy atom. The number of amides is 1. The van der Waals surface area contributed by atoms with Gasteiger partial charge in [-0.05, 0) is 55.8 Å². The zero-order chi connectivity index (χ0) is 19.3. The van der Waals surface area contributed by atoms with Crippen molar-refractivity contribution >= 4 is 39.7 Å². The number of rotatable bonds is 6. The predicted molar refractivity (Wildman–Crippen MR) is 112 cm³/mol. The van der Waals surface area contributed by atoms with Gasteiger partial charge in [-0.25, -0.2) is 8.42 Å². The number of para-hydroxylation sites is 2. The van der Waals surface area contributed by atoms with Crippen LogP contribution in [-0.2, 0) is 14.8 Å². The number of hydrogen-bond donors (Lipinski definition) is 3. The molecule has 1 atom stereocenters. The molecule has 1 aliphatic heterocycles. The molecule has 3 N–H and O–H groups in total. The largest absolute Gasteiger partial charge is 0.497 e. The van der Waals surface area contributed by atoms with Crippen LogP contribution in [0.3, 0.4) is 0 Å². The molecule has 0 aliphatic carbocycles. The molecule has 0 bridgehead atoms. The number of methoxy groups -OCH3 is 1. The Balaban J connectivity index is 0.00000280. The van der Waals surface area contributed by atoms with Crippen molar-refractivity contribution in [1.82, 2.24) is 5.32 Å². The summed E-state index contributed by atoms with van der Waals surface area (Å²) in [6.07, 6.45) is 2.82. The summed E-state index contributed by atoms with van der Waals surface area (Å²) in [5, 5.41) is 6.01. The van der Waals surface area contributed by atoms with Crippen LogP contribution in [0.5, 0.6) is 5.75 Å². The molecule has 1 fully saturated rings. The fourth-order valence-corrected chi connectivity index (χ4v) is 4.01. The van der Waals surface area contributed by atoms with E-state index in [0.717, 1.165) is 25.8 Å². The van der Waals surface area contributed by atoms with Gasteiger partial charge in [0.05, 0.1) is 29.4 Å². The third kappa shape index (κ3) is 5.37. The average Bonchev–Trinajstić information content (AvgIpc) is 2.70. The molecule has 0 spiro atoms. The van der Waals surface area contributed by atoms with Crippen molar-refractivity contribution in [3.05, 3.63) is 48.5 Å². The number of benzene rings is 2. The summed E-state index contributed by atoms with van der Waals surface area (Å²) < 4.78 is 32.9. The maximum atomic E-state index is 12.7. The zero-order valence-corrected chi connectivity index (χ0v) is 17.1. The van der Waals surface area contributed by atoms with Crippen LogP contribution in [0.25, 0.3) is 0 Å². The predicted octanol–water partition coefficient (Wildman–Crippen LogP) is 3.00. The Labute approximate surface area is 171 Å². The molecule has 1 aliphatic rings. The van der Waals surface area contributed by atoms with E-state index in [1.54, 1.807) is 36.4 Å². The monoisotopic (exact) mass is 425 g/mol. The lowest BCUT2D eigenvalue weighted by molar-refractivity contribution is -0.118. The van der Waals surface area contributed by atoms with Gasteiger partial charge in [-0.15, -0.1) is 12.4 Å². The Bertz CT molecular complexity index is 898. The molecule has 2 aromatic rings. The Kier molecular flexibility index (Phi) is 7.68. The van der Waals surface area contributed by atoms with Crippen LogP contribution in [0, 0.1) is 0 Å². The number of ether oxygens (including phenoxy) is 1. The second-order valence-corrected chi connectivity index (χ2v) is 8.00. The first-order chi connectivity index (χ1) is 13.0. The zero-order valence-electron chi connectivity index (χ0n) is 15.5. The summed E-state index contributed by atoms with van der Waals surface area (Å²) in [6.45, 7) is 0.809. The molecule has 1 saturated heterocycles. The summed E-state index contributed by atoms with van der Waals surface area (Å²) >= 11 is 0. The standard InChI is InChI=1S/C19H23N3O4S.ClH/c1-26-14-9-11-15(12-10-14)27(24,25)22-17-7-3-2-6-16(17)21-19(23)18-8-4-5-13-20-18;/h2-3,6-7,9-12,18,20,22H,4-5,8,13H2,1H3,(H,21,23);1H. The van der Waals surface area contributed by atoms with Gasteiger partial charge in [-0.1, -0.05) is 18.6 Å². The number of anilines is 2. The fourth-order valence-electron chi connectivity index (χ4n) is 2.94. The van der Waals surface area contributed by atoms with Crippen LogP contribution < -0.4 is 20.1 Å². The van der Waals surface area contributed by atoms with E-state index in [9.17, 15) is 13.2 Å². The Morgan fingerprint density at radius 1 is 1.07 bits per heavy atom. The normalized spacial score (nSPS) is 16.5. The van der Waals surface area contributed by atoms with E-state index < -0.39 is 10.0 Å². The molecule has 0 aromatic heterocycles. The van der Waals surface area contributed by atoms with Crippen LogP contribution in [0.4, 0.5) is 11.4 Å². The van der Waals surface area contributed by atoms with Gasteiger partial charge in [0.1, 0.15) is 5.75 Å². The van der Waals surface area contributed by atoms with E-state index in [0.29, 0.717) is 17.1 Å². The van der Waals surface area contributed by atoms with Gasteiger partial charge < -0.3 is 15.4 Å². The van der Waals surface area contributed by atoms with Gasteiger partial charge in [-0.3, -0.25) is 9.52 Å². The number of nitrogens with one attached hydrogen (secondary N) is 3. The van der Waals surface area contributed by atoms with Crippen molar-refractivity contribution in [1.29, 1.82) is 0 Å². The Morgan fingerprint density at radius 2 is 1.75 bits per heavy atom. The van der Waals surface area contributed by atoms with E-state index in [1.165, 1.54) is 19.2 Å². The van der Waals surface area contributed by atoms with Crippen LogP contribution in [0.15, 0.2) is 53.4 Å². The molecule has 2 aromatic carbocycles. The van der Waals surface area contributed by atoms with Crippen LogP contribution >= 0.6 is 12.4 Å². The summed E-state index contributed by atoms with van der Waals surface area (Å²) in [5.74, 6) is 0.410. The van der Waals surface area contributed by atoms with Gasteiger partial charge in [0.2, 0.25) is 5.91 Å². The quantitative estimate of drug-likeness (QED) is 0.661. The lowest BCUT2D eigenvalue weighted by Gasteiger charge is -2.23. The molecule has 28 heavy (non-hydrogen) atoms. The van der Waals surface area contributed by atoms with Gasteiger partial charge in [-0.2, -0.15) is 0 Å². The first-order valence-corrected chi connectivity index (χ1v) is 10.3. The molecule has 1 unspecified atom stereocenters. The minimum Gasteiger partial charge on any atom is -0.497 e. The molecule has 7 nitrogen and oxygen atoms in total. The van der Waals surface area contributed by atoms with E-state index in [2.05, 4.69) is 15.4 Å². The second-order valence-electron chi connectivity index (χ2n) is 6.32. The maximum absolute atomic E-state index is 12.7. The van der Waals surface area contributed by atoms with Crippen molar-refractivity contribution in [2.24, 2.45) is 0 Å². The maximum Gasteiger partial charge on any atom is 0.261 e. The van der Waals surface area contributed by atoms with Crippen molar-refractivity contribution < 1.29 is 17.9 Å². The minimum absolute atomic E-state index is 0. The molecule has 0 radical (unpaired) electrons. The highest BCUT2D eigenvalue weighted by Gasteiger charge is 2.22. The molecule has 152 valence electrons. The second kappa shape index (κ2) is 9.77. The number of carbonyl (C=O) groups excluding carboxylic acids is 1. The van der Waals surface area contributed by atoms with Gasteiger partial charge >= 0.3 is 0 Å². The summed E-state index contributed by atoms with van der Waals surface area (Å²) in [6, 6.07) is 12.6. The molecule has 1 amide bonds. The minimum atomic E-state index is -3.79. The molecule has 9 heteroatoms. The van der Waals surface area contributed by atoms with Crippen molar-refractivity contribution in [3.8, 4) is 5.75 Å². The van der Waals surface area contributed by atoms with Crippen LogP contribution in [0.2, 0.25) is 0 Å². The molecule has 0 saturated carbocycles. The highest BCUT2D eigenvalue weighted by molar-refractivity contribution is 7.92. The van der Waals surface area contributed by atoms with E-state index >= 15 is 0 Å². The smallest absolute Gasteiger partial charge is 0.261 e. The lowest BCUT2D eigenvalue weighted by Crippen LogP contribution is -2.43. The lowest BCUT2D eigenvalue weighted by atomic mass is 10.0. The number of hydrogen-bond acceptors (Lipinski definition) is 5. The number of carbonyl (C=O) groups is 1. The van der Waals surface area contributed by atoms with Gasteiger partial charge in [0.15, 0.2) is 0 Å². The van der Waals surface area contributed by atoms with E-state index in [1.807, 2.05) is 0 Å². The molecule has 1 heterocycles. The highest BCUT2D eigenvalue weighted by atomic mass is 35.5. The SMILES string of the molecule is COc1ccc(S(=O)(=O)Nc2ccccc2NC(=O)C2CCCCN2)cc1.Cl. The molecular formula is C19H24ClN3O4S. The summed E-state index contributed by atoms with van der Waals surface area (Å²) in [5.41, 5.74) is 0.740. The third-order valence-electron chi connectivity index (χ3n) is 4.43. The molecule has 3 rings (SSSR count). The first-order valence-electron chi connectivity index (χ1n) is 8.80. The number of piperidine rings is 1. The Hall–Kier alpha value is -2.29. The van der Waals surface area contributed by atoms with Crippen LogP contribution in [-0.4, -0.2) is 34.0 Å². The van der Waals surface area contributed by atoms with Crippen molar-refractivity contribution in [2.75, 3.05) is 23.7 Å². The average molecular weight is 426 g/mol. The third-order valence-corrected chi connectivity index (χ3v) is 5.81. The first kappa shape index (κ1) is 22.0. The van der Waals surface area contributed by atoms with Gasteiger partial charge in [0.25, 0.3) is 10.0 Å².